The summed E-state index contributed by atoms with van der Waals surface area (Å²) in [4.78, 5) is 25.0. The van der Waals surface area contributed by atoms with Crippen molar-refractivity contribution in [2.45, 2.75) is 19.4 Å². The number of hydrogen-bond donors (Lipinski definition) is 2. The lowest BCUT2D eigenvalue weighted by Crippen LogP contribution is -2.39. The summed E-state index contributed by atoms with van der Waals surface area (Å²) in [6, 6.07) is 15.7. The molecule has 1 aliphatic rings. The number of rotatable bonds is 5. The molecule has 3 rings (SSSR count). The fourth-order valence-corrected chi connectivity index (χ4v) is 2.64. The second kappa shape index (κ2) is 6.96. The van der Waals surface area contributed by atoms with E-state index in [-0.39, 0.29) is 11.8 Å². The molecule has 0 aromatic heterocycles. The lowest BCUT2D eigenvalue weighted by molar-refractivity contribution is -0.134. The minimum Gasteiger partial charge on any atom is -0.351 e. The lowest BCUT2D eigenvalue weighted by atomic mass is 10.0. The zero-order valence-corrected chi connectivity index (χ0v) is 14.1. The molecule has 5 nitrogen and oxygen atoms in total. The largest absolute Gasteiger partial charge is 0.351 e. The van der Waals surface area contributed by atoms with Crippen molar-refractivity contribution in [3.63, 3.8) is 0 Å². The predicted octanol–water partition coefficient (Wildman–Crippen LogP) is 3.25. The lowest BCUT2D eigenvalue weighted by Gasteiger charge is -2.15. The zero-order valence-electron chi connectivity index (χ0n) is 13.4. The van der Waals surface area contributed by atoms with Gasteiger partial charge in [0.15, 0.2) is 0 Å². The molecule has 2 amide bonds. The first-order chi connectivity index (χ1) is 12.0. The van der Waals surface area contributed by atoms with Crippen molar-refractivity contribution in [1.29, 1.82) is 5.26 Å². The molecule has 0 aliphatic heterocycles. The standard InChI is InChI=1S/C19H16ClN3O2/c20-15-5-1-14(2-6-15)12-22-17(24)19(9-10-19)18(25)23-16-7-3-13(11-21)4-8-16/h1-8H,9-10,12H2,(H,22,24)(H,23,25). The summed E-state index contributed by atoms with van der Waals surface area (Å²) in [5.41, 5.74) is 1.00. The maximum atomic E-state index is 12.5. The molecular weight excluding hydrogens is 338 g/mol. The molecule has 0 atom stereocenters. The number of anilines is 1. The topological polar surface area (TPSA) is 82.0 Å². The van der Waals surface area contributed by atoms with Crippen LogP contribution in [-0.2, 0) is 16.1 Å². The van der Waals surface area contributed by atoms with E-state index in [4.69, 9.17) is 16.9 Å². The Bertz CT molecular complexity index is 834. The monoisotopic (exact) mass is 353 g/mol. The van der Waals surface area contributed by atoms with Crippen LogP contribution in [0.2, 0.25) is 5.02 Å². The van der Waals surface area contributed by atoms with Gasteiger partial charge in [-0.15, -0.1) is 0 Å². The molecule has 1 aliphatic carbocycles. The number of carbonyl (C=O) groups is 2. The number of hydrogen-bond acceptors (Lipinski definition) is 3. The third-order valence-corrected chi connectivity index (χ3v) is 4.51. The Balaban J connectivity index is 1.60. The normalized spacial score (nSPS) is 14.2. The molecule has 0 bridgehead atoms. The maximum absolute atomic E-state index is 12.5. The van der Waals surface area contributed by atoms with Crippen molar-refractivity contribution in [2.24, 2.45) is 5.41 Å². The van der Waals surface area contributed by atoms with Gasteiger partial charge in [-0.3, -0.25) is 9.59 Å². The zero-order chi connectivity index (χ0) is 17.9. The highest BCUT2D eigenvalue weighted by Crippen LogP contribution is 2.46. The van der Waals surface area contributed by atoms with Crippen molar-refractivity contribution < 1.29 is 9.59 Å². The van der Waals surface area contributed by atoms with Crippen molar-refractivity contribution >= 4 is 29.1 Å². The van der Waals surface area contributed by atoms with Crippen LogP contribution >= 0.6 is 11.6 Å². The second-order valence-electron chi connectivity index (χ2n) is 6.03. The van der Waals surface area contributed by atoms with Crippen LogP contribution in [0.25, 0.3) is 0 Å². The van der Waals surface area contributed by atoms with Gasteiger partial charge in [0.05, 0.1) is 11.6 Å². The summed E-state index contributed by atoms with van der Waals surface area (Å²) < 4.78 is 0. The average Bonchev–Trinajstić information content (AvgIpc) is 3.44. The molecule has 1 fully saturated rings. The first kappa shape index (κ1) is 17.0. The van der Waals surface area contributed by atoms with E-state index >= 15 is 0 Å². The Morgan fingerprint density at radius 2 is 1.68 bits per heavy atom. The second-order valence-corrected chi connectivity index (χ2v) is 6.47. The molecule has 2 N–H and O–H groups in total. The first-order valence-electron chi connectivity index (χ1n) is 7.88. The molecule has 0 spiro atoms. The smallest absolute Gasteiger partial charge is 0.240 e. The van der Waals surface area contributed by atoms with Crippen LogP contribution in [0.5, 0.6) is 0 Å². The number of carbonyl (C=O) groups excluding carboxylic acids is 2. The molecular formula is C19H16ClN3O2. The quantitative estimate of drug-likeness (QED) is 0.809. The van der Waals surface area contributed by atoms with Crippen LogP contribution in [0.15, 0.2) is 48.5 Å². The molecule has 1 saturated carbocycles. The van der Waals surface area contributed by atoms with Gasteiger partial charge in [-0.25, -0.2) is 0 Å². The molecule has 2 aromatic rings. The summed E-state index contributed by atoms with van der Waals surface area (Å²) >= 11 is 5.84. The summed E-state index contributed by atoms with van der Waals surface area (Å²) in [7, 11) is 0. The van der Waals surface area contributed by atoms with Gasteiger partial charge in [0, 0.05) is 17.3 Å². The maximum Gasteiger partial charge on any atom is 0.240 e. The Labute approximate surface area is 150 Å². The van der Waals surface area contributed by atoms with Crippen molar-refractivity contribution in [3.05, 3.63) is 64.7 Å². The van der Waals surface area contributed by atoms with E-state index < -0.39 is 5.41 Å². The van der Waals surface area contributed by atoms with Crippen LogP contribution < -0.4 is 10.6 Å². The fraction of sp³-hybridized carbons (Fsp3) is 0.211. The summed E-state index contributed by atoms with van der Waals surface area (Å²) in [6.45, 7) is 0.349. The highest BCUT2D eigenvalue weighted by atomic mass is 35.5. The van der Waals surface area contributed by atoms with E-state index in [1.807, 2.05) is 18.2 Å². The molecule has 0 unspecified atom stereocenters. The Morgan fingerprint density at radius 3 is 2.24 bits per heavy atom. The van der Waals surface area contributed by atoms with E-state index in [0.29, 0.717) is 35.7 Å². The minimum atomic E-state index is -1.000. The third kappa shape index (κ3) is 3.81. The van der Waals surface area contributed by atoms with Crippen molar-refractivity contribution in [2.75, 3.05) is 5.32 Å². The summed E-state index contributed by atoms with van der Waals surface area (Å²) in [5, 5.41) is 15.0. The third-order valence-electron chi connectivity index (χ3n) is 4.26. The number of nitrogens with one attached hydrogen (secondary N) is 2. The highest BCUT2D eigenvalue weighted by molar-refractivity contribution is 6.30. The SMILES string of the molecule is N#Cc1ccc(NC(=O)C2(C(=O)NCc3ccc(Cl)cc3)CC2)cc1. The van der Waals surface area contributed by atoms with Gasteiger partial charge in [0.1, 0.15) is 5.41 Å². The van der Waals surface area contributed by atoms with E-state index in [9.17, 15) is 9.59 Å². The first-order valence-corrected chi connectivity index (χ1v) is 8.26. The van der Waals surface area contributed by atoms with Crippen molar-refractivity contribution in [3.8, 4) is 6.07 Å². The van der Waals surface area contributed by atoms with Crippen molar-refractivity contribution in [1.82, 2.24) is 5.32 Å². The average molecular weight is 354 g/mol. The number of nitrogens with zero attached hydrogens (tertiary/aromatic N) is 1. The van der Waals surface area contributed by atoms with Gasteiger partial charge < -0.3 is 10.6 Å². The summed E-state index contributed by atoms with van der Waals surface area (Å²) in [6.07, 6.45) is 1.06. The molecule has 25 heavy (non-hydrogen) atoms. The van der Waals surface area contributed by atoms with Crippen LogP contribution in [0.4, 0.5) is 5.69 Å². The highest BCUT2D eigenvalue weighted by Gasteiger charge is 2.56. The fourth-order valence-electron chi connectivity index (χ4n) is 2.51. The minimum absolute atomic E-state index is 0.270. The van der Waals surface area contributed by atoms with E-state index in [1.54, 1.807) is 36.4 Å². The van der Waals surface area contributed by atoms with Crippen LogP contribution in [-0.4, -0.2) is 11.8 Å². The molecule has 0 radical (unpaired) electrons. The Hall–Kier alpha value is -2.84. The molecule has 0 saturated heterocycles. The molecule has 2 aromatic carbocycles. The van der Waals surface area contributed by atoms with Crippen LogP contribution in [0.3, 0.4) is 0 Å². The predicted molar refractivity (Wildman–Crippen MR) is 94.8 cm³/mol. The Kier molecular flexibility index (Phi) is 4.73. The molecule has 6 heteroatoms. The molecule has 126 valence electrons. The molecule has 0 heterocycles. The van der Waals surface area contributed by atoms with E-state index in [0.717, 1.165) is 5.56 Å². The van der Waals surface area contributed by atoms with E-state index in [2.05, 4.69) is 10.6 Å². The summed E-state index contributed by atoms with van der Waals surface area (Å²) in [5.74, 6) is -0.584. The van der Waals surface area contributed by atoms with Gasteiger partial charge in [-0.1, -0.05) is 23.7 Å². The van der Waals surface area contributed by atoms with Gasteiger partial charge in [-0.2, -0.15) is 5.26 Å². The number of benzene rings is 2. The number of nitriles is 1. The number of amides is 2. The van der Waals surface area contributed by atoms with Gasteiger partial charge in [-0.05, 0) is 54.8 Å². The van der Waals surface area contributed by atoms with E-state index in [1.165, 1.54) is 0 Å². The van der Waals surface area contributed by atoms with Gasteiger partial charge in [0.2, 0.25) is 11.8 Å². The Morgan fingerprint density at radius 1 is 1.04 bits per heavy atom. The van der Waals surface area contributed by atoms with Crippen LogP contribution in [0, 0.1) is 16.7 Å². The van der Waals surface area contributed by atoms with Crippen LogP contribution in [0.1, 0.15) is 24.0 Å². The number of halogens is 1. The van der Waals surface area contributed by atoms with Gasteiger partial charge >= 0.3 is 0 Å². The van der Waals surface area contributed by atoms with Gasteiger partial charge in [0.25, 0.3) is 0 Å².